The number of aromatic nitrogens is 2. The van der Waals surface area contributed by atoms with E-state index >= 15 is 0 Å². The SMILES string of the molecule is c1cnc(SC2CCCC2)cn1. The summed E-state index contributed by atoms with van der Waals surface area (Å²) in [4.78, 5) is 8.29. The molecule has 0 aromatic carbocycles. The van der Waals surface area contributed by atoms with Crippen molar-refractivity contribution in [2.75, 3.05) is 0 Å². The molecule has 0 bridgehead atoms. The topological polar surface area (TPSA) is 25.8 Å². The molecule has 3 heteroatoms. The lowest BCUT2D eigenvalue weighted by atomic mass is 10.4. The van der Waals surface area contributed by atoms with Gasteiger partial charge in [0, 0.05) is 17.6 Å². The minimum absolute atomic E-state index is 0.793. The Bertz CT molecular complexity index is 232. The summed E-state index contributed by atoms with van der Waals surface area (Å²) < 4.78 is 0. The van der Waals surface area contributed by atoms with Crippen molar-refractivity contribution in [1.82, 2.24) is 9.97 Å². The number of rotatable bonds is 2. The van der Waals surface area contributed by atoms with E-state index in [0.717, 1.165) is 10.3 Å². The molecule has 1 aliphatic carbocycles. The van der Waals surface area contributed by atoms with Crippen molar-refractivity contribution >= 4 is 11.8 Å². The third-order valence-electron chi connectivity index (χ3n) is 2.13. The van der Waals surface area contributed by atoms with Crippen molar-refractivity contribution in [3.8, 4) is 0 Å². The largest absolute Gasteiger partial charge is 0.260 e. The fraction of sp³-hybridized carbons (Fsp3) is 0.556. The van der Waals surface area contributed by atoms with Crippen LogP contribution in [0.3, 0.4) is 0 Å². The van der Waals surface area contributed by atoms with Gasteiger partial charge in [0.15, 0.2) is 0 Å². The zero-order valence-electron chi connectivity index (χ0n) is 6.94. The summed E-state index contributed by atoms with van der Waals surface area (Å²) in [6, 6.07) is 0. The molecule has 0 N–H and O–H groups in total. The van der Waals surface area contributed by atoms with E-state index in [2.05, 4.69) is 9.97 Å². The van der Waals surface area contributed by atoms with Gasteiger partial charge in [-0.15, -0.1) is 11.8 Å². The summed E-state index contributed by atoms with van der Waals surface area (Å²) in [5, 5.41) is 1.87. The van der Waals surface area contributed by atoms with Crippen LogP contribution >= 0.6 is 11.8 Å². The Hall–Kier alpha value is -0.570. The van der Waals surface area contributed by atoms with E-state index in [0.29, 0.717) is 0 Å². The standard InChI is InChI=1S/C9H12N2S/c1-2-4-8(3-1)12-9-7-10-5-6-11-9/h5-8H,1-4H2. The lowest BCUT2D eigenvalue weighted by Gasteiger charge is -2.05. The van der Waals surface area contributed by atoms with Gasteiger partial charge in [-0.2, -0.15) is 0 Å². The molecule has 64 valence electrons. The van der Waals surface area contributed by atoms with Crippen LogP contribution in [0.2, 0.25) is 0 Å². The number of hydrogen-bond donors (Lipinski definition) is 0. The van der Waals surface area contributed by atoms with Crippen molar-refractivity contribution in [3.05, 3.63) is 18.6 Å². The zero-order valence-corrected chi connectivity index (χ0v) is 7.76. The Kier molecular flexibility index (Phi) is 2.61. The monoisotopic (exact) mass is 180 g/mol. The second kappa shape index (κ2) is 3.90. The molecule has 12 heavy (non-hydrogen) atoms. The van der Waals surface area contributed by atoms with Gasteiger partial charge in [0.1, 0.15) is 5.03 Å². The summed E-state index contributed by atoms with van der Waals surface area (Å²) >= 11 is 1.88. The van der Waals surface area contributed by atoms with Gasteiger partial charge < -0.3 is 0 Å². The van der Waals surface area contributed by atoms with Gasteiger partial charge in [0.25, 0.3) is 0 Å². The highest BCUT2D eigenvalue weighted by molar-refractivity contribution is 7.99. The molecule has 2 nitrogen and oxygen atoms in total. The van der Waals surface area contributed by atoms with Gasteiger partial charge in [-0.25, -0.2) is 4.98 Å². The maximum atomic E-state index is 4.24. The van der Waals surface area contributed by atoms with Crippen molar-refractivity contribution < 1.29 is 0 Å². The van der Waals surface area contributed by atoms with Gasteiger partial charge >= 0.3 is 0 Å². The molecule has 0 radical (unpaired) electrons. The molecule has 0 amide bonds. The van der Waals surface area contributed by atoms with Crippen LogP contribution in [-0.2, 0) is 0 Å². The van der Waals surface area contributed by atoms with Crippen molar-refractivity contribution in [3.63, 3.8) is 0 Å². The van der Waals surface area contributed by atoms with E-state index in [1.807, 2.05) is 18.0 Å². The summed E-state index contributed by atoms with van der Waals surface area (Å²) in [7, 11) is 0. The summed E-state index contributed by atoms with van der Waals surface area (Å²) in [5.74, 6) is 0. The van der Waals surface area contributed by atoms with E-state index < -0.39 is 0 Å². The highest BCUT2D eigenvalue weighted by Gasteiger charge is 2.16. The predicted molar refractivity (Wildman–Crippen MR) is 50.1 cm³/mol. The van der Waals surface area contributed by atoms with Crippen LogP contribution in [0.25, 0.3) is 0 Å². The lowest BCUT2D eigenvalue weighted by Crippen LogP contribution is -1.94. The summed E-state index contributed by atoms with van der Waals surface area (Å²) in [5.41, 5.74) is 0. The molecule has 1 fully saturated rings. The second-order valence-corrected chi connectivity index (χ2v) is 4.39. The highest BCUT2D eigenvalue weighted by atomic mass is 32.2. The number of nitrogens with zero attached hydrogens (tertiary/aromatic N) is 2. The fourth-order valence-electron chi connectivity index (χ4n) is 1.52. The fourth-order valence-corrected chi connectivity index (χ4v) is 2.68. The molecular weight excluding hydrogens is 168 g/mol. The molecule has 0 saturated heterocycles. The predicted octanol–water partition coefficient (Wildman–Crippen LogP) is 2.51. The molecule has 1 aliphatic rings. The van der Waals surface area contributed by atoms with E-state index in [-0.39, 0.29) is 0 Å². The van der Waals surface area contributed by atoms with Gasteiger partial charge in [0.2, 0.25) is 0 Å². The smallest absolute Gasteiger partial charge is 0.115 e. The van der Waals surface area contributed by atoms with E-state index in [1.165, 1.54) is 25.7 Å². The van der Waals surface area contributed by atoms with Crippen LogP contribution in [0.15, 0.2) is 23.6 Å². The molecule has 1 heterocycles. The van der Waals surface area contributed by atoms with E-state index in [1.54, 1.807) is 12.4 Å². The third kappa shape index (κ3) is 1.97. The third-order valence-corrected chi connectivity index (χ3v) is 3.39. The Morgan fingerprint density at radius 2 is 2.08 bits per heavy atom. The average molecular weight is 180 g/mol. The number of hydrogen-bond acceptors (Lipinski definition) is 3. The Morgan fingerprint density at radius 1 is 1.25 bits per heavy atom. The average Bonchev–Trinajstić information content (AvgIpc) is 2.59. The summed E-state index contributed by atoms with van der Waals surface area (Å²) in [6.45, 7) is 0. The molecule has 1 saturated carbocycles. The van der Waals surface area contributed by atoms with Gasteiger partial charge in [-0.1, -0.05) is 12.8 Å². The Morgan fingerprint density at radius 3 is 2.75 bits per heavy atom. The van der Waals surface area contributed by atoms with Crippen LogP contribution in [0.5, 0.6) is 0 Å². The molecule has 0 unspecified atom stereocenters. The maximum Gasteiger partial charge on any atom is 0.115 e. The molecule has 1 aromatic heterocycles. The van der Waals surface area contributed by atoms with Crippen LogP contribution in [0.4, 0.5) is 0 Å². The van der Waals surface area contributed by atoms with E-state index in [9.17, 15) is 0 Å². The first-order valence-electron chi connectivity index (χ1n) is 4.38. The lowest BCUT2D eigenvalue weighted by molar-refractivity contribution is 0.886. The Balaban J connectivity index is 1.94. The molecule has 0 atom stereocenters. The van der Waals surface area contributed by atoms with Crippen LogP contribution < -0.4 is 0 Å². The Labute approximate surface area is 76.8 Å². The first kappa shape index (κ1) is 8.05. The van der Waals surface area contributed by atoms with Gasteiger partial charge in [-0.3, -0.25) is 4.98 Å². The highest BCUT2D eigenvalue weighted by Crippen LogP contribution is 2.32. The summed E-state index contributed by atoms with van der Waals surface area (Å²) in [6.07, 6.45) is 10.8. The van der Waals surface area contributed by atoms with Crippen LogP contribution in [-0.4, -0.2) is 15.2 Å². The molecule has 2 rings (SSSR count). The number of thioether (sulfide) groups is 1. The molecule has 1 aromatic rings. The molecular formula is C9H12N2S. The maximum absolute atomic E-state index is 4.24. The van der Waals surface area contributed by atoms with Crippen LogP contribution in [0, 0.1) is 0 Å². The quantitative estimate of drug-likeness (QED) is 0.699. The first-order valence-corrected chi connectivity index (χ1v) is 5.26. The minimum Gasteiger partial charge on any atom is -0.260 e. The second-order valence-electron chi connectivity index (χ2n) is 3.07. The minimum atomic E-state index is 0.793. The van der Waals surface area contributed by atoms with Crippen molar-refractivity contribution in [1.29, 1.82) is 0 Å². The van der Waals surface area contributed by atoms with Gasteiger partial charge in [-0.05, 0) is 12.8 Å². The normalized spacial score (nSPS) is 18.3. The van der Waals surface area contributed by atoms with Crippen LogP contribution in [0.1, 0.15) is 25.7 Å². The molecule has 0 spiro atoms. The van der Waals surface area contributed by atoms with E-state index in [4.69, 9.17) is 0 Å². The first-order chi connectivity index (χ1) is 5.95. The van der Waals surface area contributed by atoms with Crippen molar-refractivity contribution in [2.24, 2.45) is 0 Å². The van der Waals surface area contributed by atoms with Gasteiger partial charge in [0.05, 0.1) is 6.20 Å². The zero-order chi connectivity index (χ0) is 8.23. The van der Waals surface area contributed by atoms with Crippen molar-refractivity contribution in [2.45, 2.75) is 36.0 Å². The molecule has 0 aliphatic heterocycles.